The van der Waals surface area contributed by atoms with Crippen LogP contribution in [0, 0.1) is 20.8 Å². The van der Waals surface area contributed by atoms with E-state index in [0.29, 0.717) is 6.67 Å². The molecule has 1 aliphatic heterocycles. The fraction of sp³-hybridized carbons (Fsp3) is 0.0833. The summed E-state index contributed by atoms with van der Waals surface area (Å²) < 4.78 is 11.4. The van der Waals surface area contributed by atoms with E-state index in [1.165, 1.54) is 38.8 Å². The van der Waals surface area contributed by atoms with E-state index in [2.05, 4.69) is 172 Å². The zero-order valence-electron chi connectivity index (χ0n) is 30.7. The number of fused-ring (bicyclic) bond motifs is 10. The van der Waals surface area contributed by atoms with Crippen molar-refractivity contribution in [2.75, 3.05) is 16.5 Å². The topological polar surface area (TPSA) is 50.8 Å². The van der Waals surface area contributed by atoms with Gasteiger partial charge in [0, 0.05) is 63.6 Å². The fourth-order valence-corrected chi connectivity index (χ4v) is 9.00. The minimum absolute atomic E-state index is 0.655. The molecule has 11 rings (SSSR count). The summed E-state index contributed by atoms with van der Waals surface area (Å²) in [7, 11) is 0. The smallest absolute Gasteiger partial charge is 0.146 e. The molecule has 0 saturated carbocycles. The van der Waals surface area contributed by atoms with Gasteiger partial charge in [0.25, 0.3) is 0 Å². The van der Waals surface area contributed by atoms with Gasteiger partial charge in [0.15, 0.2) is 0 Å². The first-order valence-corrected chi connectivity index (χ1v) is 18.7. The lowest BCUT2D eigenvalue weighted by atomic mass is 10.0. The lowest BCUT2D eigenvalue weighted by Crippen LogP contribution is -2.25. The van der Waals surface area contributed by atoms with Crippen molar-refractivity contribution in [3.05, 3.63) is 169 Å². The molecule has 10 aromatic rings. The van der Waals surface area contributed by atoms with Gasteiger partial charge in [0.1, 0.15) is 29.5 Å². The summed E-state index contributed by atoms with van der Waals surface area (Å²) in [6, 6.07) is 47.5. The third-order valence-electron chi connectivity index (χ3n) is 11.1. The second kappa shape index (κ2) is 11.9. The number of pyridine rings is 2. The van der Waals surface area contributed by atoms with Gasteiger partial charge >= 0.3 is 0 Å². The van der Waals surface area contributed by atoms with Gasteiger partial charge in [-0.2, -0.15) is 0 Å². The Labute approximate surface area is 317 Å². The molecule has 4 aromatic heterocycles. The lowest BCUT2D eigenvalue weighted by molar-refractivity contribution is 0.484. The summed E-state index contributed by atoms with van der Waals surface area (Å²) in [4.78, 5) is 14.4. The normalized spacial score (nSPS) is 12.9. The Morgan fingerprint density at radius 1 is 0.527 bits per heavy atom. The maximum atomic E-state index is 6.96. The minimum Gasteiger partial charge on any atom is -0.457 e. The predicted octanol–water partition coefficient (Wildman–Crippen LogP) is 12.1. The van der Waals surface area contributed by atoms with Crippen molar-refractivity contribution >= 4 is 72.0 Å². The molecule has 55 heavy (non-hydrogen) atoms. The molecule has 5 heterocycles. The molecule has 1 aliphatic rings. The molecule has 264 valence electrons. The van der Waals surface area contributed by atoms with Crippen molar-refractivity contribution in [2.45, 2.75) is 20.8 Å². The summed E-state index contributed by atoms with van der Waals surface area (Å²) in [5.74, 6) is 1.49. The summed E-state index contributed by atoms with van der Waals surface area (Å²) in [6.45, 7) is 7.27. The molecule has 0 aliphatic carbocycles. The molecule has 0 bridgehead atoms. The monoisotopic (exact) mass is 712 g/mol. The molecule has 0 spiro atoms. The average molecular weight is 713 g/mol. The number of imidazole rings is 1. The molecule has 0 fully saturated rings. The summed E-state index contributed by atoms with van der Waals surface area (Å²) in [5.41, 5.74) is 13.5. The maximum absolute atomic E-state index is 6.96. The quantitative estimate of drug-likeness (QED) is 0.166. The average Bonchev–Trinajstić information content (AvgIpc) is 3.93. The number of benzene rings is 6. The predicted molar refractivity (Wildman–Crippen MR) is 225 cm³/mol. The van der Waals surface area contributed by atoms with Crippen LogP contribution in [-0.4, -0.2) is 25.6 Å². The number of ether oxygens (including phenoxy) is 1. The van der Waals surface area contributed by atoms with Crippen LogP contribution in [0.25, 0.3) is 54.9 Å². The number of aromatic nitrogens is 4. The Hall–Kier alpha value is -7.12. The number of hydrogen-bond donors (Lipinski definition) is 0. The molecule has 7 heteroatoms. The first-order valence-electron chi connectivity index (χ1n) is 18.7. The third-order valence-corrected chi connectivity index (χ3v) is 11.1. The van der Waals surface area contributed by atoms with Crippen LogP contribution in [0.1, 0.15) is 16.7 Å². The Morgan fingerprint density at radius 3 is 2.07 bits per heavy atom. The van der Waals surface area contributed by atoms with Crippen LogP contribution >= 0.6 is 0 Å². The van der Waals surface area contributed by atoms with Crippen LogP contribution in [0.4, 0.5) is 22.7 Å². The van der Waals surface area contributed by atoms with Crippen LogP contribution in [0.2, 0.25) is 0 Å². The van der Waals surface area contributed by atoms with Crippen LogP contribution in [0.15, 0.2) is 152 Å². The molecule has 0 atom stereocenters. The second-order valence-corrected chi connectivity index (χ2v) is 14.6. The lowest BCUT2D eigenvalue weighted by Gasteiger charge is -2.26. The highest BCUT2D eigenvalue weighted by molar-refractivity contribution is 6.17. The second-order valence-electron chi connectivity index (χ2n) is 14.6. The number of aryl methyl sites for hydroxylation is 3. The maximum Gasteiger partial charge on any atom is 0.146 e. The largest absolute Gasteiger partial charge is 0.457 e. The summed E-state index contributed by atoms with van der Waals surface area (Å²) in [6.07, 6.45) is 5.63. The highest BCUT2D eigenvalue weighted by atomic mass is 16.5. The van der Waals surface area contributed by atoms with E-state index in [9.17, 15) is 0 Å². The minimum atomic E-state index is 0.655. The highest BCUT2D eigenvalue weighted by Gasteiger charge is 2.32. The molecular weight excluding hydrogens is 677 g/mol. The Bertz CT molecular complexity index is 3140. The van der Waals surface area contributed by atoms with E-state index in [1.807, 2.05) is 24.7 Å². The Morgan fingerprint density at radius 2 is 1.24 bits per heavy atom. The fourth-order valence-electron chi connectivity index (χ4n) is 9.00. The van der Waals surface area contributed by atoms with E-state index in [1.54, 1.807) is 0 Å². The molecule has 0 saturated heterocycles. The summed E-state index contributed by atoms with van der Waals surface area (Å²) >= 11 is 0. The van der Waals surface area contributed by atoms with Gasteiger partial charge in [0.2, 0.25) is 0 Å². The first kappa shape index (κ1) is 31.4. The van der Waals surface area contributed by atoms with Gasteiger partial charge in [-0.05, 0) is 97.9 Å². The van der Waals surface area contributed by atoms with Crippen molar-refractivity contribution in [2.24, 2.45) is 0 Å². The Kier molecular flexibility index (Phi) is 6.82. The highest BCUT2D eigenvalue weighted by Crippen LogP contribution is 2.50. The number of nitrogens with zero attached hydrogens (tertiary/aromatic N) is 6. The molecule has 0 amide bonds. The van der Waals surface area contributed by atoms with Gasteiger partial charge in [-0.3, -0.25) is 4.40 Å². The third kappa shape index (κ3) is 4.76. The van der Waals surface area contributed by atoms with Gasteiger partial charge in [-0.1, -0.05) is 66.2 Å². The van der Waals surface area contributed by atoms with E-state index in [4.69, 9.17) is 9.72 Å². The zero-order chi connectivity index (χ0) is 36.8. The molecule has 6 aromatic carbocycles. The van der Waals surface area contributed by atoms with Crippen molar-refractivity contribution < 1.29 is 4.74 Å². The van der Waals surface area contributed by atoms with E-state index in [0.717, 1.165) is 67.0 Å². The van der Waals surface area contributed by atoms with Gasteiger partial charge in [0.05, 0.1) is 28.1 Å². The molecule has 7 nitrogen and oxygen atoms in total. The SMILES string of the molecule is Cc1cc(C)c(N2CN(c3cc(Oc4ccc5c6cccnc6n6ccnc6c5c4)cc4c3c3ccccc3n4-c3ccccc3)c3ccccc32)c(C)c1. The van der Waals surface area contributed by atoms with Crippen molar-refractivity contribution in [1.82, 2.24) is 18.9 Å². The molecule has 0 radical (unpaired) electrons. The zero-order valence-corrected chi connectivity index (χ0v) is 30.7. The van der Waals surface area contributed by atoms with E-state index >= 15 is 0 Å². The summed E-state index contributed by atoms with van der Waals surface area (Å²) in [5, 5.41) is 5.54. The van der Waals surface area contributed by atoms with Gasteiger partial charge in [-0.15, -0.1) is 0 Å². The number of anilines is 4. The van der Waals surface area contributed by atoms with E-state index < -0.39 is 0 Å². The van der Waals surface area contributed by atoms with Gasteiger partial charge < -0.3 is 19.1 Å². The first-order chi connectivity index (χ1) is 27.0. The van der Waals surface area contributed by atoms with Gasteiger partial charge in [-0.25, -0.2) is 9.97 Å². The van der Waals surface area contributed by atoms with Crippen LogP contribution in [0.3, 0.4) is 0 Å². The number of hydrogen-bond acceptors (Lipinski definition) is 5. The van der Waals surface area contributed by atoms with Crippen LogP contribution < -0.4 is 14.5 Å². The van der Waals surface area contributed by atoms with E-state index in [-0.39, 0.29) is 0 Å². The van der Waals surface area contributed by atoms with Crippen LogP contribution in [-0.2, 0) is 0 Å². The van der Waals surface area contributed by atoms with Crippen molar-refractivity contribution in [3.8, 4) is 17.2 Å². The molecule has 0 unspecified atom stereocenters. The number of para-hydroxylation sites is 4. The Balaban J connectivity index is 1.15. The standard InChI is InChI=1S/C48H36N6O/c1-30-24-31(2)46(32(3)25-30)53-29-52(41-17-9-10-18-42(41)53)43-27-35(28-44-45(43)38-14-7-8-16-40(38)54(44)33-12-5-4-6-13-33)55-34-19-20-36-37-15-11-21-49-47(37)51-23-22-50-48(51)39(36)26-34/h4-28H,29H2,1-3H3. The molecule has 0 N–H and O–H groups in total. The van der Waals surface area contributed by atoms with Crippen molar-refractivity contribution in [3.63, 3.8) is 0 Å². The van der Waals surface area contributed by atoms with Crippen molar-refractivity contribution in [1.29, 1.82) is 0 Å². The van der Waals surface area contributed by atoms with Crippen LogP contribution in [0.5, 0.6) is 11.5 Å². The molecular formula is C48H36N6O. The number of rotatable bonds is 5.